The molecule has 204 valence electrons. The number of imidazole rings is 1. The summed E-state index contributed by atoms with van der Waals surface area (Å²) in [5.41, 5.74) is 2.08. The molecule has 0 aliphatic heterocycles. The maximum Gasteiger partial charge on any atom is 0.459 e. The largest absolute Gasteiger partial charge is 0.462 e. The van der Waals surface area contributed by atoms with Gasteiger partial charge in [-0.05, 0) is 45.4 Å². The van der Waals surface area contributed by atoms with E-state index >= 15 is 0 Å². The van der Waals surface area contributed by atoms with Crippen LogP contribution in [-0.4, -0.2) is 56.0 Å². The van der Waals surface area contributed by atoms with E-state index in [0.29, 0.717) is 28.8 Å². The molecule has 0 amide bonds. The van der Waals surface area contributed by atoms with Gasteiger partial charge in [-0.3, -0.25) is 9.32 Å². The van der Waals surface area contributed by atoms with Gasteiger partial charge < -0.3 is 18.9 Å². The van der Waals surface area contributed by atoms with Crippen molar-refractivity contribution in [1.29, 1.82) is 0 Å². The van der Waals surface area contributed by atoms with Crippen LogP contribution in [0.25, 0.3) is 11.2 Å². The number of fused-ring (bicyclic) bond motifs is 1. The van der Waals surface area contributed by atoms with Gasteiger partial charge in [0.15, 0.2) is 5.65 Å². The fourth-order valence-corrected chi connectivity index (χ4v) is 5.98. The van der Waals surface area contributed by atoms with Gasteiger partial charge in [0.05, 0.1) is 37.1 Å². The number of nitrogens with one attached hydrogen (secondary N) is 1. The molecule has 2 heterocycles. The Morgan fingerprint density at radius 2 is 1.97 bits per heavy atom. The van der Waals surface area contributed by atoms with Gasteiger partial charge >= 0.3 is 13.7 Å². The maximum absolute atomic E-state index is 14.2. The Kier molecular flexibility index (Phi) is 8.57. The Morgan fingerprint density at radius 1 is 1.24 bits per heavy atom. The summed E-state index contributed by atoms with van der Waals surface area (Å²) in [5.74, 6) is -1.49. The molecule has 13 heteroatoms. The fraction of sp³-hybridized carbons (Fsp3) is 0.440. The van der Waals surface area contributed by atoms with Gasteiger partial charge in [-0.25, -0.2) is 23.9 Å². The van der Waals surface area contributed by atoms with Crippen molar-refractivity contribution in [1.82, 2.24) is 24.6 Å². The molecule has 0 bridgehead atoms. The van der Waals surface area contributed by atoms with Crippen LogP contribution >= 0.6 is 7.75 Å². The smallest absolute Gasteiger partial charge is 0.459 e. The van der Waals surface area contributed by atoms with Gasteiger partial charge in [-0.1, -0.05) is 18.2 Å². The first kappa shape index (κ1) is 27.8. The van der Waals surface area contributed by atoms with Gasteiger partial charge in [0.25, 0.3) is 0 Å². The second-order valence-electron chi connectivity index (χ2n) is 9.32. The molecule has 11 nitrogen and oxygen atoms in total. The molecule has 3 aromatic rings. The van der Waals surface area contributed by atoms with E-state index in [1.54, 1.807) is 55.7 Å². The molecule has 0 spiro atoms. The molecule has 38 heavy (non-hydrogen) atoms. The number of halogens is 1. The van der Waals surface area contributed by atoms with Crippen molar-refractivity contribution in [3.8, 4) is 5.75 Å². The van der Waals surface area contributed by atoms with Gasteiger partial charge in [0.1, 0.15) is 23.6 Å². The number of nitrogens with zero attached hydrogens (tertiary/aromatic N) is 4. The van der Waals surface area contributed by atoms with Crippen LogP contribution in [0.4, 0.5) is 4.39 Å². The summed E-state index contributed by atoms with van der Waals surface area (Å²) in [5, 5.41) is 12.8. The Balaban J connectivity index is 1.54. The number of hydrogen-bond donors (Lipinski definition) is 2. The number of aryl methyl sites for hydroxylation is 1. The Labute approximate surface area is 219 Å². The standard InChI is InChI=1S/C25H31FN5O6P/c1-15(2)36-25(33)17(4)30-38(34,37-18-8-6-5-7-9-18)35-12-21-19(10-26)23(20(21)11-32)31-14-29-22-16(3)27-13-28-24(22)31/h5-10,13-15,17,20-21,23,32H,11-12H2,1-4H3,(H,30,34)/b19-10-/t17?,20-,21+,23-,38?/m1/s1. The van der Waals surface area contributed by atoms with Crippen LogP contribution < -0.4 is 9.61 Å². The number of benzene rings is 1. The van der Waals surface area contributed by atoms with Crippen LogP contribution in [-0.2, 0) is 18.6 Å². The molecule has 2 N–H and O–H groups in total. The maximum atomic E-state index is 14.2. The Hall–Kier alpha value is -3.18. The minimum atomic E-state index is -4.15. The van der Waals surface area contributed by atoms with Gasteiger partial charge in [-0.2, -0.15) is 5.09 Å². The highest BCUT2D eigenvalue weighted by Crippen LogP contribution is 2.53. The summed E-state index contributed by atoms with van der Waals surface area (Å²) >= 11 is 0. The van der Waals surface area contributed by atoms with E-state index in [9.17, 15) is 18.9 Å². The quantitative estimate of drug-likeness (QED) is 0.269. The van der Waals surface area contributed by atoms with Gasteiger partial charge in [0.2, 0.25) is 0 Å². The zero-order chi connectivity index (χ0) is 27.4. The third-order valence-electron chi connectivity index (χ3n) is 6.32. The van der Waals surface area contributed by atoms with Crippen LogP contribution in [0, 0.1) is 18.8 Å². The predicted molar refractivity (Wildman–Crippen MR) is 137 cm³/mol. The zero-order valence-corrected chi connectivity index (χ0v) is 22.4. The predicted octanol–water partition coefficient (Wildman–Crippen LogP) is 3.90. The molecule has 1 aliphatic carbocycles. The molecule has 2 unspecified atom stereocenters. The van der Waals surface area contributed by atoms with E-state index in [-0.39, 0.29) is 25.1 Å². The van der Waals surface area contributed by atoms with E-state index in [2.05, 4.69) is 20.0 Å². The number of carbonyl (C=O) groups is 1. The van der Waals surface area contributed by atoms with Crippen LogP contribution in [0.1, 0.15) is 32.5 Å². The number of rotatable bonds is 11. The average Bonchev–Trinajstić information content (AvgIpc) is 3.28. The lowest BCUT2D eigenvalue weighted by Gasteiger charge is -2.46. The Bertz CT molecular complexity index is 1350. The second-order valence-corrected chi connectivity index (χ2v) is 11.0. The van der Waals surface area contributed by atoms with E-state index < -0.39 is 37.6 Å². The SMILES string of the molecule is Cc1ncnc2c1ncn2[C@@H]1/C(=C\F)[C@H](COP(=O)(NC(C)C(=O)OC(C)C)Oc2ccccc2)[C@H]1CO. The lowest BCUT2D eigenvalue weighted by Crippen LogP contribution is -2.46. The third kappa shape index (κ3) is 5.78. The van der Waals surface area contributed by atoms with E-state index in [4.69, 9.17) is 13.8 Å². The van der Waals surface area contributed by atoms with Gasteiger partial charge in [-0.15, -0.1) is 0 Å². The first-order valence-electron chi connectivity index (χ1n) is 12.2. The van der Waals surface area contributed by atoms with Gasteiger partial charge in [0, 0.05) is 18.4 Å². The molecule has 2 aromatic heterocycles. The monoisotopic (exact) mass is 547 g/mol. The summed E-state index contributed by atoms with van der Waals surface area (Å²) in [6, 6.07) is 6.74. The van der Waals surface area contributed by atoms with E-state index in [1.807, 2.05) is 0 Å². The zero-order valence-electron chi connectivity index (χ0n) is 21.5. The number of aromatic nitrogens is 4. The molecule has 0 radical (unpaired) electrons. The highest BCUT2D eigenvalue weighted by atomic mass is 31.2. The summed E-state index contributed by atoms with van der Waals surface area (Å²) in [4.78, 5) is 25.1. The van der Waals surface area contributed by atoms with Crippen molar-refractivity contribution in [2.24, 2.45) is 11.8 Å². The summed E-state index contributed by atoms with van der Waals surface area (Å²) in [7, 11) is -4.15. The van der Waals surface area contributed by atoms with E-state index in [1.165, 1.54) is 19.6 Å². The highest BCUT2D eigenvalue weighted by Gasteiger charge is 2.49. The lowest BCUT2D eigenvalue weighted by molar-refractivity contribution is -0.149. The number of aliphatic hydroxyl groups excluding tert-OH is 1. The van der Waals surface area contributed by atoms with Crippen LogP contribution in [0.2, 0.25) is 0 Å². The number of carbonyl (C=O) groups excluding carboxylic acids is 1. The highest BCUT2D eigenvalue weighted by molar-refractivity contribution is 7.52. The minimum absolute atomic E-state index is 0.249. The first-order chi connectivity index (χ1) is 18.2. The third-order valence-corrected chi connectivity index (χ3v) is 7.96. The summed E-state index contributed by atoms with van der Waals surface area (Å²) in [6.07, 6.45) is 3.03. The van der Waals surface area contributed by atoms with Crippen molar-refractivity contribution >= 4 is 24.9 Å². The fourth-order valence-electron chi connectivity index (χ4n) is 4.46. The van der Waals surface area contributed by atoms with Crippen molar-refractivity contribution in [2.75, 3.05) is 13.2 Å². The van der Waals surface area contributed by atoms with E-state index in [0.717, 1.165) is 0 Å². The number of aliphatic hydroxyl groups is 1. The van der Waals surface area contributed by atoms with Crippen molar-refractivity contribution in [2.45, 2.75) is 45.9 Å². The molecule has 1 saturated carbocycles. The Morgan fingerprint density at radius 3 is 2.63 bits per heavy atom. The van der Waals surface area contributed by atoms with Crippen LogP contribution in [0.5, 0.6) is 5.75 Å². The summed E-state index contributed by atoms with van der Waals surface area (Å²) < 4.78 is 46.2. The van der Waals surface area contributed by atoms with Crippen molar-refractivity contribution in [3.63, 3.8) is 0 Å². The molecule has 4 rings (SSSR count). The molecule has 1 aromatic carbocycles. The van der Waals surface area contributed by atoms with Crippen LogP contribution in [0.15, 0.2) is 54.9 Å². The van der Waals surface area contributed by atoms with Crippen molar-refractivity contribution in [3.05, 3.63) is 60.6 Å². The molecule has 5 atom stereocenters. The number of ether oxygens (including phenoxy) is 1. The molecular weight excluding hydrogens is 516 g/mol. The second kappa shape index (κ2) is 11.7. The average molecular weight is 548 g/mol. The number of esters is 1. The normalized spacial score (nSPS) is 22.7. The molecular formula is C25H31FN5O6P. The van der Waals surface area contributed by atoms with Crippen LogP contribution in [0.3, 0.4) is 0 Å². The number of hydrogen-bond acceptors (Lipinski definition) is 9. The summed E-state index contributed by atoms with van der Waals surface area (Å²) in [6.45, 7) is 6.13. The number of para-hydroxylation sites is 1. The van der Waals surface area contributed by atoms with Crippen molar-refractivity contribution < 1.29 is 32.6 Å². The minimum Gasteiger partial charge on any atom is -0.462 e. The molecule has 1 aliphatic rings. The molecule has 0 saturated heterocycles. The first-order valence-corrected chi connectivity index (χ1v) is 13.7. The topological polar surface area (TPSA) is 138 Å². The molecule has 1 fully saturated rings. The lowest BCUT2D eigenvalue weighted by atomic mass is 9.66.